The predicted molar refractivity (Wildman–Crippen MR) is 70.0 cm³/mol. The van der Waals surface area contributed by atoms with Crippen LogP contribution >= 0.6 is 0 Å². The molecule has 1 aliphatic rings. The van der Waals surface area contributed by atoms with Crippen LogP contribution in [-0.2, 0) is 11.8 Å². The summed E-state index contributed by atoms with van der Waals surface area (Å²) in [5, 5.41) is 10.3. The molecule has 0 spiro atoms. The summed E-state index contributed by atoms with van der Waals surface area (Å²) in [5.41, 5.74) is 0.910. The van der Waals surface area contributed by atoms with Gasteiger partial charge in [0.25, 0.3) is 0 Å². The van der Waals surface area contributed by atoms with Crippen molar-refractivity contribution >= 4 is 5.91 Å². The second kappa shape index (κ2) is 6.00. The highest BCUT2D eigenvalue weighted by molar-refractivity contribution is 5.83. The molecule has 5 nitrogen and oxygen atoms in total. The molecule has 1 atom stereocenters. The largest absolute Gasteiger partial charge is 0.352 e. The lowest BCUT2D eigenvalue weighted by atomic mass is 9.95. The van der Waals surface area contributed by atoms with E-state index in [1.165, 1.54) is 19.3 Å². The molecule has 18 heavy (non-hydrogen) atoms. The lowest BCUT2D eigenvalue weighted by Gasteiger charge is -2.25. The normalized spacial score (nSPS) is 18.6. The van der Waals surface area contributed by atoms with Crippen LogP contribution in [0.1, 0.15) is 43.7 Å². The van der Waals surface area contributed by atoms with Crippen molar-refractivity contribution in [2.45, 2.75) is 44.2 Å². The molecule has 2 rings (SSSR count). The Hall–Kier alpha value is -1.36. The first-order valence-electron chi connectivity index (χ1n) is 6.67. The van der Waals surface area contributed by atoms with Gasteiger partial charge in [0.05, 0.1) is 6.20 Å². The minimum Gasteiger partial charge on any atom is -0.352 e. The molecule has 1 heterocycles. The number of hydrogen-bond donors (Lipinski definition) is 2. The Bertz CT molecular complexity index is 395. The van der Waals surface area contributed by atoms with Gasteiger partial charge < -0.3 is 10.6 Å². The lowest BCUT2D eigenvalue weighted by molar-refractivity contribution is -0.124. The Morgan fingerprint density at radius 2 is 2.17 bits per heavy atom. The van der Waals surface area contributed by atoms with E-state index in [1.807, 2.05) is 13.2 Å². The average Bonchev–Trinajstić information content (AvgIpc) is 2.78. The maximum atomic E-state index is 12.2. The van der Waals surface area contributed by atoms with E-state index < -0.39 is 0 Å². The molecule has 5 heteroatoms. The highest BCUT2D eigenvalue weighted by atomic mass is 16.2. The Balaban J connectivity index is 1.96. The molecule has 1 saturated carbocycles. The van der Waals surface area contributed by atoms with Crippen LogP contribution in [0.2, 0.25) is 0 Å². The SMILES string of the molecule is CNC(C(=O)NC1CCCCC1)c1cnn(C)c1. The van der Waals surface area contributed by atoms with E-state index in [-0.39, 0.29) is 11.9 Å². The summed E-state index contributed by atoms with van der Waals surface area (Å²) >= 11 is 0. The fourth-order valence-electron chi connectivity index (χ4n) is 2.57. The van der Waals surface area contributed by atoms with Gasteiger partial charge in [-0.15, -0.1) is 0 Å². The van der Waals surface area contributed by atoms with Crippen LogP contribution in [0.15, 0.2) is 12.4 Å². The molecule has 0 bridgehead atoms. The van der Waals surface area contributed by atoms with Crippen molar-refractivity contribution in [2.75, 3.05) is 7.05 Å². The van der Waals surface area contributed by atoms with E-state index in [9.17, 15) is 4.79 Å². The van der Waals surface area contributed by atoms with E-state index in [4.69, 9.17) is 0 Å². The van der Waals surface area contributed by atoms with E-state index in [0.29, 0.717) is 6.04 Å². The molecular formula is C13H22N4O. The standard InChI is InChI=1S/C13H22N4O/c1-14-12(10-8-15-17(2)9-10)13(18)16-11-6-4-3-5-7-11/h8-9,11-12,14H,3-7H2,1-2H3,(H,16,18). The Morgan fingerprint density at radius 3 is 2.72 bits per heavy atom. The van der Waals surface area contributed by atoms with E-state index >= 15 is 0 Å². The first kappa shape index (κ1) is 13.1. The number of carbonyl (C=O) groups excluding carboxylic acids is 1. The van der Waals surface area contributed by atoms with Crippen LogP contribution in [-0.4, -0.2) is 28.8 Å². The lowest BCUT2D eigenvalue weighted by Crippen LogP contribution is -2.42. The summed E-state index contributed by atoms with van der Waals surface area (Å²) in [6, 6.07) is 0.0411. The highest BCUT2D eigenvalue weighted by Gasteiger charge is 2.23. The van der Waals surface area contributed by atoms with Gasteiger partial charge in [-0.2, -0.15) is 5.10 Å². The van der Waals surface area contributed by atoms with Crippen molar-refractivity contribution in [1.82, 2.24) is 20.4 Å². The number of nitrogens with zero attached hydrogens (tertiary/aromatic N) is 2. The van der Waals surface area contributed by atoms with Gasteiger partial charge in [-0.25, -0.2) is 0 Å². The molecule has 0 aromatic carbocycles. The van der Waals surface area contributed by atoms with Gasteiger partial charge in [0.15, 0.2) is 0 Å². The summed E-state index contributed by atoms with van der Waals surface area (Å²) < 4.78 is 1.72. The first-order valence-corrected chi connectivity index (χ1v) is 6.67. The number of aromatic nitrogens is 2. The van der Waals surface area contributed by atoms with Crippen LogP contribution in [0.25, 0.3) is 0 Å². The van der Waals surface area contributed by atoms with E-state index in [2.05, 4.69) is 15.7 Å². The topological polar surface area (TPSA) is 59.0 Å². The highest BCUT2D eigenvalue weighted by Crippen LogP contribution is 2.19. The second-order valence-corrected chi connectivity index (χ2v) is 5.01. The second-order valence-electron chi connectivity index (χ2n) is 5.01. The molecule has 2 N–H and O–H groups in total. The van der Waals surface area contributed by atoms with Gasteiger partial charge in [0, 0.05) is 24.8 Å². The number of hydrogen-bond acceptors (Lipinski definition) is 3. The van der Waals surface area contributed by atoms with Crippen LogP contribution in [0.3, 0.4) is 0 Å². The average molecular weight is 250 g/mol. The molecule has 1 fully saturated rings. The van der Waals surface area contributed by atoms with Gasteiger partial charge in [-0.3, -0.25) is 9.48 Å². The zero-order valence-corrected chi connectivity index (χ0v) is 11.1. The molecular weight excluding hydrogens is 228 g/mol. The minimum absolute atomic E-state index is 0.0531. The van der Waals surface area contributed by atoms with E-state index in [0.717, 1.165) is 18.4 Å². The van der Waals surface area contributed by atoms with Gasteiger partial charge in [-0.05, 0) is 19.9 Å². The molecule has 1 amide bonds. The van der Waals surface area contributed by atoms with Crippen LogP contribution < -0.4 is 10.6 Å². The third-order valence-electron chi connectivity index (χ3n) is 3.56. The van der Waals surface area contributed by atoms with Crippen molar-refractivity contribution < 1.29 is 4.79 Å². The molecule has 1 unspecified atom stereocenters. The molecule has 1 aliphatic carbocycles. The molecule has 0 aliphatic heterocycles. The third kappa shape index (κ3) is 3.10. The molecule has 1 aromatic rings. The Morgan fingerprint density at radius 1 is 1.44 bits per heavy atom. The fraction of sp³-hybridized carbons (Fsp3) is 0.692. The van der Waals surface area contributed by atoms with Crippen molar-refractivity contribution in [3.05, 3.63) is 18.0 Å². The fourth-order valence-corrected chi connectivity index (χ4v) is 2.57. The van der Waals surface area contributed by atoms with Crippen molar-refractivity contribution in [2.24, 2.45) is 7.05 Å². The van der Waals surface area contributed by atoms with Crippen molar-refractivity contribution in [3.8, 4) is 0 Å². The van der Waals surface area contributed by atoms with Gasteiger partial charge in [0.2, 0.25) is 5.91 Å². The molecule has 0 saturated heterocycles. The Labute approximate surface area is 108 Å². The van der Waals surface area contributed by atoms with Crippen LogP contribution in [0.5, 0.6) is 0 Å². The summed E-state index contributed by atoms with van der Waals surface area (Å²) in [7, 11) is 3.66. The summed E-state index contributed by atoms with van der Waals surface area (Å²) in [6.07, 6.45) is 9.57. The number of aryl methyl sites for hydroxylation is 1. The van der Waals surface area contributed by atoms with Gasteiger partial charge in [-0.1, -0.05) is 19.3 Å². The maximum Gasteiger partial charge on any atom is 0.242 e. The maximum absolute atomic E-state index is 12.2. The van der Waals surface area contributed by atoms with Crippen molar-refractivity contribution in [1.29, 1.82) is 0 Å². The monoisotopic (exact) mass is 250 g/mol. The van der Waals surface area contributed by atoms with Gasteiger partial charge in [0.1, 0.15) is 6.04 Å². The Kier molecular flexibility index (Phi) is 4.36. The number of carbonyl (C=O) groups is 1. The first-order chi connectivity index (χ1) is 8.70. The van der Waals surface area contributed by atoms with Crippen LogP contribution in [0, 0.1) is 0 Å². The zero-order valence-electron chi connectivity index (χ0n) is 11.1. The van der Waals surface area contributed by atoms with Crippen LogP contribution in [0.4, 0.5) is 0 Å². The van der Waals surface area contributed by atoms with E-state index in [1.54, 1.807) is 17.9 Å². The summed E-state index contributed by atoms with van der Waals surface area (Å²) in [6.45, 7) is 0. The third-order valence-corrected chi connectivity index (χ3v) is 3.56. The number of nitrogens with one attached hydrogen (secondary N) is 2. The smallest absolute Gasteiger partial charge is 0.242 e. The molecule has 0 radical (unpaired) electrons. The number of rotatable bonds is 4. The molecule has 1 aromatic heterocycles. The number of likely N-dealkylation sites (N-methyl/N-ethyl adjacent to an activating group) is 1. The summed E-state index contributed by atoms with van der Waals surface area (Å²) in [4.78, 5) is 12.2. The van der Waals surface area contributed by atoms with Gasteiger partial charge >= 0.3 is 0 Å². The predicted octanol–water partition coefficient (Wildman–Crippen LogP) is 1.13. The zero-order chi connectivity index (χ0) is 13.0. The molecule has 100 valence electrons. The van der Waals surface area contributed by atoms with Crippen molar-refractivity contribution in [3.63, 3.8) is 0 Å². The quantitative estimate of drug-likeness (QED) is 0.842. The summed E-state index contributed by atoms with van der Waals surface area (Å²) in [5.74, 6) is 0.0531. The number of amides is 1. The minimum atomic E-state index is -0.305.